The molecule has 4 amide bonds. The molecular formula is C44H75N5O11. The van der Waals surface area contributed by atoms with E-state index in [1.54, 1.807) is 0 Å². The van der Waals surface area contributed by atoms with E-state index in [0.29, 0.717) is 49.1 Å². The lowest BCUT2D eigenvalue weighted by Crippen LogP contribution is -2.42. The lowest BCUT2D eigenvalue weighted by Gasteiger charge is -2.34. The molecule has 0 spiro atoms. The summed E-state index contributed by atoms with van der Waals surface area (Å²) < 4.78 is 26.6. The van der Waals surface area contributed by atoms with Gasteiger partial charge in [-0.05, 0) is 146 Å². The second kappa shape index (κ2) is 25.4. The van der Waals surface area contributed by atoms with Crippen molar-refractivity contribution in [2.45, 2.75) is 179 Å². The topological polar surface area (TPSA) is 203 Å². The number of nitrogens with one attached hydrogen (secondary N) is 4. The van der Waals surface area contributed by atoms with Gasteiger partial charge in [-0.15, -0.1) is 0 Å². The number of amides is 4. The molecule has 0 radical (unpaired) electrons. The normalized spacial score (nSPS) is 30.7. The van der Waals surface area contributed by atoms with Gasteiger partial charge in [0.25, 0.3) is 0 Å². The van der Waals surface area contributed by atoms with Crippen LogP contribution < -0.4 is 21.3 Å². The highest BCUT2D eigenvalue weighted by atomic mass is 16.6. The van der Waals surface area contributed by atoms with E-state index < -0.39 is 24.4 Å². The number of nitrogens with zero attached hydrogens (tertiary/aromatic N) is 1. The average Bonchev–Trinajstić information content (AvgIpc) is 3.93. The molecule has 16 heteroatoms. The van der Waals surface area contributed by atoms with E-state index in [1.165, 1.54) is 19.8 Å². The number of aliphatic hydroxyl groups is 1. The first-order valence-corrected chi connectivity index (χ1v) is 23.3. The molecule has 1 heterocycles. The summed E-state index contributed by atoms with van der Waals surface area (Å²) in [5.74, 6) is 2.24. The summed E-state index contributed by atoms with van der Waals surface area (Å²) in [6.45, 7) is 5.69. The van der Waals surface area contributed by atoms with Crippen LogP contribution in [0, 0.1) is 23.7 Å². The molecule has 0 aromatic carbocycles. The minimum absolute atomic E-state index is 0.0150. The fourth-order valence-electron chi connectivity index (χ4n) is 9.85. The summed E-state index contributed by atoms with van der Waals surface area (Å²) in [5, 5.41) is 20.9. The summed E-state index contributed by atoms with van der Waals surface area (Å²) >= 11 is 0. The SMILES string of the molecule is CC(=O)OCC(CN1CC1C)OC(=O)NC1CCC(CC2CCC(NC(=O)OCCCOC(=O)NC3CCC(CC4CCC(NC(=O)OCCCO)CC4)CC3)CC2)CC1. The van der Waals surface area contributed by atoms with Crippen molar-refractivity contribution in [1.82, 2.24) is 26.2 Å². The first-order chi connectivity index (χ1) is 29.0. The Balaban J connectivity index is 0.823. The van der Waals surface area contributed by atoms with Crippen molar-refractivity contribution in [2.75, 3.05) is 46.1 Å². The fraction of sp³-hybridized carbons (Fsp3) is 0.886. The minimum atomic E-state index is -0.479. The molecular weight excluding hydrogens is 775 g/mol. The number of rotatable bonds is 20. The van der Waals surface area contributed by atoms with Gasteiger partial charge in [0, 0.05) is 69.7 Å². The maximum absolute atomic E-state index is 12.7. The van der Waals surface area contributed by atoms with Crippen molar-refractivity contribution in [2.24, 2.45) is 23.7 Å². The number of carbonyl (C=O) groups excluding carboxylic acids is 5. The zero-order valence-corrected chi connectivity index (χ0v) is 36.3. The molecule has 5 aliphatic rings. The molecule has 0 aromatic rings. The van der Waals surface area contributed by atoms with Gasteiger partial charge in [0.2, 0.25) is 0 Å². The Morgan fingerprint density at radius 1 is 0.550 bits per heavy atom. The summed E-state index contributed by atoms with van der Waals surface area (Å²) in [5.41, 5.74) is 0. The van der Waals surface area contributed by atoms with Crippen molar-refractivity contribution < 1.29 is 52.8 Å². The Morgan fingerprint density at radius 2 is 0.900 bits per heavy atom. The molecule has 3 unspecified atom stereocenters. The molecule has 342 valence electrons. The average molecular weight is 850 g/mol. The second-order valence-electron chi connectivity index (χ2n) is 18.4. The minimum Gasteiger partial charge on any atom is -0.462 e. The quantitative estimate of drug-likeness (QED) is 0.0396. The molecule has 5 N–H and O–H groups in total. The number of esters is 1. The van der Waals surface area contributed by atoms with Crippen LogP contribution in [0.3, 0.4) is 0 Å². The lowest BCUT2D eigenvalue weighted by molar-refractivity contribution is -0.144. The molecule has 0 bridgehead atoms. The lowest BCUT2D eigenvalue weighted by atomic mass is 9.76. The van der Waals surface area contributed by atoms with Gasteiger partial charge < -0.3 is 50.1 Å². The third-order valence-corrected chi connectivity index (χ3v) is 13.5. The summed E-state index contributed by atoms with van der Waals surface area (Å²) in [6.07, 6.45) is 17.4. The van der Waals surface area contributed by atoms with Crippen LogP contribution in [0.25, 0.3) is 0 Å². The highest BCUT2D eigenvalue weighted by Crippen LogP contribution is 2.37. The third-order valence-electron chi connectivity index (χ3n) is 13.5. The summed E-state index contributed by atoms with van der Waals surface area (Å²) in [7, 11) is 0. The van der Waals surface area contributed by atoms with E-state index in [4.69, 9.17) is 28.8 Å². The number of alkyl carbamates (subject to hydrolysis) is 4. The van der Waals surface area contributed by atoms with E-state index in [9.17, 15) is 24.0 Å². The van der Waals surface area contributed by atoms with Gasteiger partial charge in [0.05, 0.1) is 19.8 Å². The van der Waals surface area contributed by atoms with Crippen LogP contribution in [-0.4, -0.2) is 123 Å². The van der Waals surface area contributed by atoms with Crippen LogP contribution in [0.2, 0.25) is 0 Å². The molecule has 60 heavy (non-hydrogen) atoms. The number of hydrogen-bond acceptors (Lipinski definition) is 12. The van der Waals surface area contributed by atoms with Gasteiger partial charge in [0.15, 0.2) is 6.10 Å². The molecule has 3 atom stereocenters. The molecule has 5 fully saturated rings. The summed E-state index contributed by atoms with van der Waals surface area (Å²) in [6, 6.07) is 0.957. The monoisotopic (exact) mass is 850 g/mol. The maximum Gasteiger partial charge on any atom is 0.407 e. The van der Waals surface area contributed by atoms with Crippen molar-refractivity contribution in [3.63, 3.8) is 0 Å². The molecule has 4 aliphatic carbocycles. The Labute approximate surface area is 357 Å². The number of ether oxygens (including phenoxy) is 5. The Bertz CT molecular complexity index is 1330. The zero-order valence-electron chi connectivity index (χ0n) is 36.3. The first-order valence-electron chi connectivity index (χ1n) is 23.3. The van der Waals surface area contributed by atoms with Crippen molar-refractivity contribution in [1.29, 1.82) is 0 Å². The number of hydrogen-bond donors (Lipinski definition) is 5. The molecule has 16 nitrogen and oxygen atoms in total. The zero-order chi connectivity index (χ0) is 42.7. The van der Waals surface area contributed by atoms with Crippen LogP contribution in [-0.2, 0) is 28.5 Å². The van der Waals surface area contributed by atoms with Crippen LogP contribution in [0.5, 0.6) is 0 Å². The van der Waals surface area contributed by atoms with Gasteiger partial charge in [0.1, 0.15) is 6.61 Å². The van der Waals surface area contributed by atoms with E-state index in [0.717, 1.165) is 109 Å². The Morgan fingerprint density at radius 3 is 1.23 bits per heavy atom. The maximum atomic E-state index is 12.7. The smallest absolute Gasteiger partial charge is 0.407 e. The van der Waals surface area contributed by atoms with Crippen LogP contribution in [0.4, 0.5) is 19.2 Å². The Kier molecular flexibility index (Phi) is 20.1. The van der Waals surface area contributed by atoms with Crippen LogP contribution >= 0.6 is 0 Å². The molecule has 0 aromatic heterocycles. The molecule has 4 saturated carbocycles. The van der Waals surface area contributed by atoms with Crippen molar-refractivity contribution in [3.8, 4) is 0 Å². The van der Waals surface area contributed by atoms with Gasteiger partial charge in [-0.2, -0.15) is 0 Å². The number of aliphatic hydroxyl groups excluding tert-OH is 1. The molecule has 5 rings (SSSR count). The predicted molar refractivity (Wildman–Crippen MR) is 223 cm³/mol. The first kappa shape index (κ1) is 47.5. The summed E-state index contributed by atoms with van der Waals surface area (Å²) in [4.78, 5) is 62.9. The van der Waals surface area contributed by atoms with Crippen molar-refractivity contribution >= 4 is 30.3 Å². The molecule has 1 saturated heterocycles. The van der Waals surface area contributed by atoms with Crippen LogP contribution in [0.1, 0.15) is 142 Å². The van der Waals surface area contributed by atoms with E-state index in [1.807, 2.05) is 0 Å². The number of carbonyl (C=O) groups is 5. The third kappa shape index (κ3) is 18.2. The van der Waals surface area contributed by atoms with E-state index >= 15 is 0 Å². The van der Waals surface area contributed by atoms with Gasteiger partial charge in [-0.3, -0.25) is 9.69 Å². The van der Waals surface area contributed by atoms with Crippen molar-refractivity contribution in [3.05, 3.63) is 0 Å². The second-order valence-corrected chi connectivity index (χ2v) is 18.4. The largest absolute Gasteiger partial charge is 0.462 e. The van der Waals surface area contributed by atoms with Gasteiger partial charge in [-0.1, -0.05) is 0 Å². The molecule has 1 aliphatic heterocycles. The standard InChI is InChI=1S/C44H75N5O11/c1-30-27-49(30)28-40(29-59-31(2)51)60-44(55)48-39-19-11-35(12-20-39)26-34-9-17-38(18-10-34)47-43(54)58-24-4-23-57-42(53)46-37-15-7-33(8-16-37)25-32-5-13-36(14-6-32)45-41(52)56-22-3-21-50/h30,32-40,50H,3-29H2,1-2H3,(H,45,52)(H,46,53)(H,47,54)(H,48,55). The van der Waals surface area contributed by atoms with Gasteiger partial charge >= 0.3 is 30.3 Å². The van der Waals surface area contributed by atoms with Gasteiger partial charge in [-0.25, -0.2) is 19.2 Å². The highest BCUT2D eigenvalue weighted by molar-refractivity contribution is 5.69. The van der Waals surface area contributed by atoms with E-state index in [2.05, 4.69) is 33.1 Å². The predicted octanol–water partition coefficient (Wildman–Crippen LogP) is 6.31. The van der Waals surface area contributed by atoms with Crippen LogP contribution in [0.15, 0.2) is 0 Å². The highest BCUT2D eigenvalue weighted by Gasteiger charge is 2.34. The Hall–Kier alpha value is -3.53. The fourth-order valence-corrected chi connectivity index (χ4v) is 9.85. The van der Waals surface area contributed by atoms with E-state index in [-0.39, 0.29) is 69.3 Å².